The molecular formula is C19H26N4O. The molecule has 0 radical (unpaired) electrons. The lowest BCUT2D eigenvalue weighted by atomic mass is 9.78. The van der Waals surface area contributed by atoms with E-state index < -0.39 is 0 Å². The molecule has 1 aliphatic heterocycles. The zero-order valence-electron chi connectivity index (χ0n) is 14.6. The summed E-state index contributed by atoms with van der Waals surface area (Å²) in [5, 5.41) is 11.6. The molecule has 2 heterocycles. The Bertz CT molecular complexity index is 692. The molecule has 2 aromatic rings. The first-order chi connectivity index (χ1) is 11.8. The van der Waals surface area contributed by atoms with Gasteiger partial charge in [-0.1, -0.05) is 13.8 Å². The van der Waals surface area contributed by atoms with Gasteiger partial charge in [0.2, 0.25) is 12.3 Å². The summed E-state index contributed by atoms with van der Waals surface area (Å²) >= 11 is 0. The SMILES string of the molecule is CCCN(CCC)C1Cc2c(-c3nnco3)ccc3c2C(CN3)C1. The minimum atomic E-state index is 0.604. The number of hydrogen-bond acceptors (Lipinski definition) is 5. The average molecular weight is 326 g/mol. The van der Waals surface area contributed by atoms with Crippen LogP contribution in [0, 0.1) is 0 Å². The largest absolute Gasteiger partial charge is 0.423 e. The van der Waals surface area contributed by atoms with Crippen molar-refractivity contribution in [3.05, 3.63) is 29.7 Å². The zero-order chi connectivity index (χ0) is 16.5. The Hall–Kier alpha value is -1.88. The topological polar surface area (TPSA) is 54.2 Å². The van der Waals surface area contributed by atoms with Crippen LogP contribution >= 0.6 is 0 Å². The molecule has 0 amide bonds. The minimum Gasteiger partial charge on any atom is -0.423 e. The predicted molar refractivity (Wildman–Crippen MR) is 95.2 cm³/mol. The summed E-state index contributed by atoms with van der Waals surface area (Å²) in [6.45, 7) is 7.97. The van der Waals surface area contributed by atoms with Crippen LogP contribution in [0.4, 0.5) is 5.69 Å². The third kappa shape index (κ3) is 2.61. The van der Waals surface area contributed by atoms with Gasteiger partial charge in [0.15, 0.2) is 0 Å². The molecule has 0 fully saturated rings. The Morgan fingerprint density at radius 1 is 1.25 bits per heavy atom. The van der Waals surface area contributed by atoms with Crippen molar-refractivity contribution in [2.24, 2.45) is 0 Å². The van der Waals surface area contributed by atoms with Gasteiger partial charge in [0, 0.05) is 29.8 Å². The Morgan fingerprint density at radius 3 is 2.79 bits per heavy atom. The third-order valence-electron chi connectivity index (χ3n) is 5.43. The smallest absolute Gasteiger partial charge is 0.247 e. The van der Waals surface area contributed by atoms with Gasteiger partial charge >= 0.3 is 0 Å². The first-order valence-corrected chi connectivity index (χ1v) is 9.22. The highest BCUT2D eigenvalue weighted by Crippen LogP contribution is 2.45. The van der Waals surface area contributed by atoms with Crippen molar-refractivity contribution in [2.45, 2.75) is 51.5 Å². The van der Waals surface area contributed by atoms with E-state index in [9.17, 15) is 0 Å². The van der Waals surface area contributed by atoms with Crippen LogP contribution in [0.3, 0.4) is 0 Å². The van der Waals surface area contributed by atoms with Crippen LogP contribution in [0.2, 0.25) is 0 Å². The Balaban J connectivity index is 1.73. The normalized spacial score (nSPS) is 21.8. The van der Waals surface area contributed by atoms with Crippen molar-refractivity contribution >= 4 is 5.69 Å². The number of rotatable bonds is 6. The summed E-state index contributed by atoms with van der Waals surface area (Å²) in [7, 11) is 0. The number of aromatic nitrogens is 2. The van der Waals surface area contributed by atoms with Crippen molar-refractivity contribution in [3.8, 4) is 11.5 Å². The third-order valence-corrected chi connectivity index (χ3v) is 5.43. The number of hydrogen-bond donors (Lipinski definition) is 1. The van der Waals surface area contributed by atoms with Crippen molar-refractivity contribution in [1.29, 1.82) is 0 Å². The molecule has 4 rings (SSSR count). The van der Waals surface area contributed by atoms with Gasteiger partial charge in [-0.2, -0.15) is 0 Å². The summed E-state index contributed by atoms with van der Waals surface area (Å²) in [4.78, 5) is 2.69. The standard InChI is InChI=1S/C19H26N4O/c1-3-7-23(8-4-2)14-9-13-11-20-17-6-5-15(16(10-14)18(13)17)19-22-21-12-24-19/h5-6,12-14,20H,3-4,7-11H2,1-2H3. The first-order valence-electron chi connectivity index (χ1n) is 9.22. The lowest BCUT2D eigenvalue weighted by Gasteiger charge is -2.37. The van der Waals surface area contributed by atoms with Gasteiger partial charge in [-0.25, -0.2) is 0 Å². The van der Waals surface area contributed by atoms with E-state index in [0.29, 0.717) is 17.9 Å². The van der Waals surface area contributed by atoms with Gasteiger partial charge in [0.25, 0.3) is 0 Å². The van der Waals surface area contributed by atoms with Crippen LogP contribution in [0.1, 0.15) is 50.2 Å². The maximum Gasteiger partial charge on any atom is 0.247 e. The first kappa shape index (κ1) is 15.6. The van der Waals surface area contributed by atoms with Crippen molar-refractivity contribution in [1.82, 2.24) is 15.1 Å². The fourth-order valence-electron chi connectivity index (χ4n) is 4.51. The van der Waals surface area contributed by atoms with Gasteiger partial charge in [-0.05, 0) is 62.0 Å². The lowest BCUT2D eigenvalue weighted by molar-refractivity contribution is 0.172. The second kappa shape index (κ2) is 6.55. The van der Waals surface area contributed by atoms with E-state index in [-0.39, 0.29) is 0 Å². The average Bonchev–Trinajstić information content (AvgIpc) is 3.26. The molecule has 2 aliphatic rings. The Morgan fingerprint density at radius 2 is 2.08 bits per heavy atom. The van der Waals surface area contributed by atoms with Crippen LogP contribution in [-0.4, -0.2) is 40.8 Å². The maximum atomic E-state index is 5.52. The van der Waals surface area contributed by atoms with E-state index >= 15 is 0 Å². The van der Waals surface area contributed by atoms with Crippen molar-refractivity contribution in [3.63, 3.8) is 0 Å². The highest BCUT2D eigenvalue weighted by atomic mass is 16.4. The van der Waals surface area contributed by atoms with Crippen LogP contribution in [0.5, 0.6) is 0 Å². The number of anilines is 1. The highest BCUT2D eigenvalue weighted by molar-refractivity contribution is 5.72. The molecule has 2 unspecified atom stereocenters. The molecule has 0 saturated carbocycles. The molecule has 0 spiro atoms. The summed E-state index contributed by atoms with van der Waals surface area (Å²) < 4.78 is 5.52. The van der Waals surface area contributed by atoms with E-state index in [2.05, 4.69) is 46.4 Å². The Labute approximate surface area is 143 Å². The van der Waals surface area contributed by atoms with Crippen LogP contribution < -0.4 is 5.32 Å². The summed E-state index contributed by atoms with van der Waals surface area (Å²) in [6.07, 6.45) is 6.18. The van der Waals surface area contributed by atoms with Gasteiger partial charge in [-0.3, -0.25) is 0 Å². The molecule has 1 aromatic carbocycles. The maximum absolute atomic E-state index is 5.52. The second-order valence-corrected chi connectivity index (χ2v) is 7.00. The van der Waals surface area contributed by atoms with E-state index in [1.165, 1.54) is 55.6 Å². The molecule has 0 bridgehead atoms. The Kier molecular flexibility index (Phi) is 4.27. The van der Waals surface area contributed by atoms with Gasteiger partial charge in [-0.15, -0.1) is 10.2 Å². The van der Waals surface area contributed by atoms with Crippen molar-refractivity contribution < 1.29 is 4.42 Å². The molecule has 1 aliphatic carbocycles. The fourth-order valence-corrected chi connectivity index (χ4v) is 4.51. The molecular weight excluding hydrogens is 300 g/mol. The molecule has 5 heteroatoms. The van der Waals surface area contributed by atoms with E-state index in [4.69, 9.17) is 4.42 Å². The molecule has 128 valence electrons. The van der Waals surface area contributed by atoms with Gasteiger partial charge in [0.1, 0.15) is 0 Å². The monoisotopic (exact) mass is 326 g/mol. The molecule has 24 heavy (non-hydrogen) atoms. The minimum absolute atomic E-state index is 0.604. The van der Waals surface area contributed by atoms with E-state index in [1.54, 1.807) is 0 Å². The molecule has 5 nitrogen and oxygen atoms in total. The quantitative estimate of drug-likeness (QED) is 0.877. The van der Waals surface area contributed by atoms with Gasteiger partial charge < -0.3 is 14.6 Å². The summed E-state index contributed by atoms with van der Waals surface area (Å²) in [5.74, 6) is 1.25. The summed E-state index contributed by atoms with van der Waals surface area (Å²) in [6, 6.07) is 4.93. The molecule has 0 saturated heterocycles. The number of benzene rings is 1. The highest BCUT2D eigenvalue weighted by Gasteiger charge is 2.36. The van der Waals surface area contributed by atoms with E-state index in [1.807, 2.05) is 0 Å². The molecule has 2 atom stereocenters. The predicted octanol–water partition coefficient (Wildman–Crippen LogP) is 3.68. The van der Waals surface area contributed by atoms with Crippen molar-refractivity contribution in [2.75, 3.05) is 25.0 Å². The number of nitrogens with zero attached hydrogens (tertiary/aromatic N) is 3. The van der Waals surface area contributed by atoms with E-state index in [0.717, 1.165) is 18.5 Å². The fraction of sp³-hybridized carbons (Fsp3) is 0.579. The second-order valence-electron chi connectivity index (χ2n) is 7.00. The number of nitrogens with one attached hydrogen (secondary N) is 1. The zero-order valence-corrected chi connectivity index (χ0v) is 14.6. The molecule has 1 N–H and O–H groups in total. The summed E-state index contributed by atoms with van der Waals surface area (Å²) in [5.41, 5.74) is 5.34. The van der Waals surface area contributed by atoms with Gasteiger partial charge in [0.05, 0.1) is 0 Å². The molecule has 1 aromatic heterocycles. The van der Waals surface area contributed by atoms with Crippen LogP contribution in [-0.2, 0) is 6.42 Å². The van der Waals surface area contributed by atoms with Crippen LogP contribution in [0.15, 0.2) is 22.9 Å². The van der Waals surface area contributed by atoms with Crippen LogP contribution in [0.25, 0.3) is 11.5 Å². The lowest BCUT2D eigenvalue weighted by Crippen LogP contribution is -2.41.